The molecule has 0 amide bonds. The second-order valence-electron chi connectivity index (χ2n) is 3.57. The molecule has 2 N–H and O–H groups in total. The van der Waals surface area contributed by atoms with Crippen molar-refractivity contribution in [2.75, 3.05) is 20.8 Å². The summed E-state index contributed by atoms with van der Waals surface area (Å²) in [5.41, 5.74) is 6.00. The van der Waals surface area contributed by atoms with E-state index in [4.69, 9.17) is 15.2 Å². The Balaban J connectivity index is 2.19. The third-order valence-electron chi connectivity index (χ3n) is 2.29. The fraction of sp³-hybridized carbons (Fsp3) is 0.667. The smallest absolute Gasteiger partial charge is 0.234 e. The van der Waals surface area contributed by atoms with Crippen LogP contribution in [0.25, 0.3) is 4.96 Å². The second kappa shape index (κ2) is 5.50. The average Bonchev–Trinajstić information content (AvgIpc) is 2.88. The molecule has 1 atom stereocenters. The highest BCUT2D eigenvalue weighted by Crippen LogP contribution is 2.21. The van der Waals surface area contributed by atoms with Gasteiger partial charge in [0, 0.05) is 20.8 Å². The quantitative estimate of drug-likeness (QED) is 0.804. The molecule has 0 aliphatic carbocycles. The van der Waals surface area contributed by atoms with E-state index < -0.39 is 0 Å². The molecule has 0 saturated heterocycles. The van der Waals surface area contributed by atoms with Crippen molar-refractivity contribution >= 4 is 16.3 Å². The van der Waals surface area contributed by atoms with E-state index in [1.807, 2.05) is 0 Å². The van der Waals surface area contributed by atoms with Crippen LogP contribution in [0.1, 0.15) is 23.3 Å². The maximum absolute atomic E-state index is 6.00. The molecule has 8 heteroatoms. The molecule has 0 fully saturated rings. The second-order valence-corrected chi connectivity index (χ2v) is 4.56. The van der Waals surface area contributed by atoms with Gasteiger partial charge >= 0.3 is 0 Å². The van der Waals surface area contributed by atoms with Gasteiger partial charge in [0.25, 0.3) is 0 Å². The van der Waals surface area contributed by atoms with Gasteiger partial charge in [0.1, 0.15) is 11.6 Å². The fourth-order valence-corrected chi connectivity index (χ4v) is 2.30. The first kappa shape index (κ1) is 12.4. The van der Waals surface area contributed by atoms with Gasteiger partial charge in [-0.3, -0.25) is 0 Å². The summed E-state index contributed by atoms with van der Waals surface area (Å²) in [5.74, 6) is 0.684. The Morgan fingerprint density at radius 3 is 2.88 bits per heavy atom. The van der Waals surface area contributed by atoms with Gasteiger partial charge < -0.3 is 15.2 Å². The Labute approximate surface area is 103 Å². The van der Waals surface area contributed by atoms with Gasteiger partial charge in [-0.1, -0.05) is 11.3 Å². The van der Waals surface area contributed by atoms with Crippen molar-refractivity contribution in [1.82, 2.24) is 19.8 Å². The van der Waals surface area contributed by atoms with Crippen molar-refractivity contribution in [3.05, 3.63) is 10.8 Å². The predicted molar refractivity (Wildman–Crippen MR) is 62.8 cm³/mol. The number of hydrogen-bond donors (Lipinski definition) is 1. The van der Waals surface area contributed by atoms with Crippen LogP contribution >= 0.6 is 11.3 Å². The zero-order valence-corrected chi connectivity index (χ0v) is 10.6. The van der Waals surface area contributed by atoms with E-state index in [9.17, 15) is 0 Å². The summed E-state index contributed by atoms with van der Waals surface area (Å²) < 4.78 is 11.7. The molecule has 0 aromatic carbocycles. The minimum atomic E-state index is -0.128. The highest BCUT2D eigenvalue weighted by atomic mass is 32.1. The number of aromatic nitrogens is 4. The van der Waals surface area contributed by atoms with Crippen LogP contribution < -0.4 is 5.73 Å². The van der Waals surface area contributed by atoms with Crippen molar-refractivity contribution < 1.29 is 9.47 Å². The topological polar surface area (TPSA) is 87.6 Å². The third kappa shape index (κ3) is 2.60. The van der Waals surface area contributed by atoms with Gasteiger partial charge in [-0.25, -0.2) is 0 Å². The molecular formula is C9H15N5O2S. The van der Waals surface area contributed by atoms with E-state index in [2.05, 4.69) is 15.3 Å². The lowest BCUT2D eigenvalue weighted by Crippen LogP contribution is -2.13. The van der Waals surface area contributed by atoms with Crippen LogP contribution in [0, 0.1) is 0 Å². The maximum atomic E-state index is 6.00. The Kier molecular flexibility index (Phi) is 4.00. The predicted octanol–water partition coefficient (Wildman–Crippen LogP) is 0.368. The summed E-state index contributed by atoms with van der Waals surface area (Å²) in [4.78, 5) is 0.736. The van der Waals surface area contributed by atoms with E-state index in [-0.39, 0.29) is 6.04 Å². The maximum Gasteiger partial charge on any atom is 0.234 e. The van der Waals surface area contributed by atoms with Gasteiger partial charge in [0.05, 0.1) is 6.04 Å². The minimum Gasteiger partial charge on any atom is -0.385 e. The van der Waals surface area contributed by atoms with Gasteiger partial charge in [-0.2, -0.15) is 9.61 Å². The van der Waals surface area contributed by atoms with Crippen LogP contribution in [0.3, 0.4) is 0 Å². The summed E-state index contributed by atoms with van der Waals surface area (Å²) in [6, 6.07) is -0.128. The summed E-state index contributed by atoms with van der Waals surface area (Å²) in [6.45, 7) is 1.00. The number of hydrogen-bond acceptors (Lipinski definition) is 7. The van der Waals surface area contributed by atoms with Gasteiger partial charge in [-0.05, 0) is 6.42 Å². The molecule has 0 aliphatic rings. The van der Waals surface area contributed by atoms with Crippen molar-refractivity contribution in [2.45, 2.75) is 19.1 Å². The van der Waals surface area contributed by atoms with Crippen LogP contribution in [0.5, 0.6) is 0 Å². The number of methoxy groups -OCH3 is 2. The van der Waals surface area contributed by atoms with Crippen LogP contribution in [0.15, 0.2) is 0 Å². The number of nitrogens with two attached hydrogens (primary N) is 1. The SMILES string of the molecule is COCCC(N)c1nn2c(COC)nnc2s1. The Morgan fingerprint density at radius 2 is 2.18 bits per heavy atom. The number of nitrogens with zero attached hydrogens (tertiary/aromatic N) is 4. The lowest BCUT2D eigenvalue weighted by Gasteiger charge is -2.05. The lowest BCUT2D eigenvalue weighted by atomic mass is 10.2. The Morgan fingerprint density at radius 1 is 1.35 bits per heavy atom. The average molecular weight is 257 g/mol. The summed E-state index contributed by atoms with van der Waals surface area (Å²) in [6.07, 6.45) is 0.736. The van der Waals surface area contributed by atoms with E-state index in [0.717, 1.165) is 16.4 Å². The summed E-state index contributed by atoms with van der Waals surface area (Å²) >= 11 is 1.44. The largest absolute Gasteiger partial charge is 0.385 e. The van der Waals surface area contributed by atoms with Crippen molar-refractivity contribution in [1.29, 1.82) is 0 Å². The molecule has 2 aromatic rings. The van der Waals surface area contributed by atoms with E-state index in [1.165, 1.54) is 11.3 Å². The zero-order valence-electron chi connectivity index (χ0n) is 9.79. The molecule has 2 heterocycles. The third-order valence-corrected chi connectivity index (χ3v) is 3.33. The molecule has 1 unspecified atom stereocenters. The molecule has 17 heavy (non-hydrogen) atoms. The lowest BCUT2D eigenvalue weighted by molar-refractivity contribution is 0.175. The number of rotatable bonds is 6. The summed E-state index contributed by atoms with van der Waals surface area (Å²) in [5, 5.41) is 13.2. The van der Waals surface area contributed by atoms with Crippen molar-refractivity contribution in [2.24, 2.45) is 5.73 Å². The fourth-order valence-electron chi connectivity index (χ4n) is 1.41. The first-order valence-corrected chi connectivity index (χ1v) is 6.02. The zero-order chi connectivity index (χ0) is 12.3. The highest BCUT2D eigenvalue weighted by molar-refractivity contribution is 7.16. The molecule has 0 spiro atoms. The van der Waals surface area contributed by atoms with Crippen molar-refractivity contribution in [3.63, 3.8) is 0 Å². The van der Waals surface area contributed by atoms with Gasteiger partial charge in [0.15, 0.2) is 5.82 Å². The van der Waals surface area contributed by atoms with E-state index >= 15 is 0 Å². The van der Waals surface area contributed by atoms with Gasteiger partial charge in [-0.15, -0.1) is 10.2 Å². The monoisotopic (exact) mass is 257 g/mol. The molecule has 94 valence electrons. The molecule has 2 aromatic heterocycles. The Bertz CT molecular complexity index is 483. The first-order chi connectivity index (χ1) is 8.26. The minimum absolute atomic E-state index is 0.128. The molecule has 0 saturated carbocycles. The standard InChI is InChI=1S/C9H15N5O2S/c1-15-4-3-6(10)8-13-14-7(5-16-2)11-12-9(14)17-8/h6H,3-5,10H2,1-2H3. The van der Waals surface area contributed by atoms with E-state index in [0.29, 0.717) is 19.0 Å². The van der Waals surface area contributed by atoms with Crippen molar-refractivity contribution in [3.8, 4) is 0 Å². The molecule has 2 rings (SSSR count). The highest BCUT2D eigenvalue weighted by Gasteiger charge is 2.16. The summed E-state index contributed by atoms with van der Waals surface area (Å²) in [7, 11) is 3.26. The van der Waals surface area contributed by atoms with E-state index in [1.54, 1.807) is 18.7 Å². The van der Waals surface area contributed by atoms with Crippen LogP contribution in [-0.4, -0.2) is 40.6 Å². The molecule has 0 bridgehead atoms. The molecule has 0 aliphatic heterocycles. The van der Waals surface area contributed by atoms with Crippen LogP contribution in [-0.2, 0) is 16.1 Å². The molecule has 7 nitrogen and oxygen atoms in total. The Hall–Kier alpha value is -1.09. The van der Waals surface area contributed by atoms with Gasteiger partial charge in [0.2, 0.25) is 4.96 Å². The molecule has 0 radical (unpaired) electrons. The van der Waals surface area contributed by atoms with Crippen LogP contribution in [0.4, 0.5) is 0 Å². The first-order valence-electron chi connectivity index (χ1n) is 5.20. The number of ether oxygens (including phenoxy) is 2. The normalized spacial score (nSPS) is 13.4. The molecular weight excluding hydrogens is 242 g/mol. The number of fused-ring (bicyclic) bond motifs is 1. The van der Waals surface area contributed by atoms with Crippen LogP contribution in [0.2, 0.25) is 0 Å².